The van der Waals surface area contributed by atoms with Crippen LogP contribution >= 0.6 is 0 Å². The number of hydrogen-bond acceptors (Lipinski definition) is 7. The molecule has 1 atom stereocenters. The molecule has 1 heterocycles. The lowest BCUT2D eigenvalue weighted by atomic mass is 10.0. The first-order valence-electron chi connectivity index (χ1n) is 13.8. The van der Waals surface area contributed by atoms with Gasteiger partial charge in [0.1, 0.15) is 29.9 Å². The van der Waals surface area contributed by atoms with Crippen LogP contribution in [0.2, 0.25) is 0 Å². The fourth-order valence-corrected chi connectivity index (χ4v) is 5.10. The van der Waals surface area contributed by atoms with Crippen LogP contribution in [-0.4, -0.2) is 57.2 Å². The summed E-state index contributed by atoms with van der Waals surface area (Å²) in [6, 6.07) is 19.1. The molecule has 10 nitrogen and oxygen atoms in total. The van der Waals surface area contributed by atoms with Crippen LogP contribution in [0.1, 0.15) is 42.9 Å². The third kappa shape index (κ3) is 6.91. The Morgan fingerprint density at radius 3 is 2.19 bits per heavy atom. The average Bonchev–Trinajstić information content (AvgIpc) is 3.70. The van der Waals surface area contributed by atoms with Crippen molar-refractivity contribution >= 4 is 11.8 Å². The van der Waals surface area contributed by atoms with E-state index in [0.717, 1.165) is 31.2 Å². The third-order valence-corrected chi connectivity index (χ3v) is 7.36. The molecule has 1 aromatic heterocycles. The normalized spacial score (nSPS) is 13.9. The molecule has 0 bridgehead atoms. The summed E-state index contributed by atoms with van der Waals surface area (Å²) in [7, 11) is 3.16. The van der Waals surface area contributed by atoms with Crippen molar-refractivity contribution in [3.8, 4) is 22.9 Å². The average molecular weight is 573 g/mol. The van der Waals surface area contributed by atoms with Gasteiger partial charge in [0.05, 0.1) is 14.2 Å². The van der Waals surface area contributed by atoms with Gasteiger partial charge in [0.25, 0.3) is 0 Å². The Morgan fingerprint density at radius 1 is 0.952 bits per heavy atom. The first kappa shape index (κ1) is 28.7. The lowest BCUT2D eigenvalue weighted by Gasteiger charge is -2.32. The molecule has 42 heavy (non-hydrogen) atoms. The summed E-state index contributed by atoms with van der Waals surface area (Å²) in [5.74, 6) is 0.559. The smallest absolute Gasteiger partial charge is 0.247 e. The largest absolute Gasteiger partial charge is 0.497 e. The number of hydrogen-bond donors (Lipinski definition) is 1. The van der Waals surface area contributed by atoms with E-state index in [1.165, 1.54) is 34.0 Å². The van der Waals surface area contributed by atoms with Crippen molar-refractivity contribution in [2.45, 2.75) is 50.9 Å². The summed E-state index contributed by atoms with van der Waals surface area (Å²) in [6.45, 7) is -0.142. The molecule has 1 fully saturated rings. The Bertz CT molecular complexity index is 1490. The number of tetrazole rings is 1. The van der Waals surface area contributed by atoms with Crippen LogP contribution in [0.15, 0.2) is 72.8 Å². The number of halogens is 1. The Balaban J connectivity index is 1.46. The summed E-state index contributed by atoms with van der Waals surface area (Å²) in [4.78, 5) is 30.5. The number of ether oxygens (including phenoxy) is 2. The zero-order valence-electron chi connectivity index (χ0n) is 23.6. The number of nitrogens with one attached hydrogen (secondary N) is 1. The SMILES string of the molecule is COc1ccc(CN(C(=O)Cn2nnc(-c3ccc(OC)cc3)n2)C(C(=O)NC2CCCC2)c2ccc(F)cc2)cc1. The van der Waals surface area contributed by atoms with E-state index in [4.69, 9.17) is 9.47 Å². The third-order valence-electron chi connectivity index (χ3n) is 7.36. The van der Waals surface area contributed by atoms with Gasteiger partial charge in [-0.25, -0.2) is 4.39 Å². The van der Waals surface area contributed by atoms with Gasteiger partial charge in [-0.05, 0) is 77.7 Å². The predicted molar refractivity (Wildman–Crippen MR) is 153 cm³/mol. The van der Waals surface area contributed by atoms with E-state index in [9.17, 15) is 14.0 Å². The van der Waals surface area contributed by atoms with Crippen molar-refractivity contribution in [2.75, 3.05) is 14.2 Å². The van der Waals surface area contributed by atoms with Crippen LogP contribution in [-0.2, 0) is 22.7 Å². The Kier molecular flexibility index (Phi) is 9.05. The summed E-state index contributed by atoms with van der Waals surface area (Å²) >= 11 is 0. The highest BCUT2D eigenvalue weighted by Crippen LogP contribution is 2.27. The highest BCUT2D eigenvalue weighted by molar-refractivity contribution is 5.89. The van der Waals surface area contributed by atoms with Crippen molar-refractivity contribution in [1.29, 1.82) is 0 Å². The molecule has 1 aliphatic rings. The van der Waals surface area contributed by atoms with Gasteiger partial charge in [-0.2, -0.15) is 4.80 Å². The van der Waals surface area contributed by atoms with Crippen LogP contribution in [0.4, 0.5) is 4.39 Å². The zero-order valence-corrected chi connectivity index (χ0v) is 23.6. The molecule has 0 saturated heterocycles. The molecule has 1 unspecified atom stereocenters. The highest BCUT2D eigenvalue weighted by atomic mass is 19.1. The maximum absolute atomic E-state index is 14.0. The van der Waals surface area contributed by atoms with E-state index in [0.29, 0.717) is 28.5 Å². The van der Waals surface area contributed by atoms with Crippen LogP contribution < -0.4 is 14.8 Å². The van der Waals surface area contributed by atoms with Crippen LogP contribution in [0.25, 0.3) is 11.4 Å². The number of amides is 2. The molecule has 218 valence electrons. The second-order valence-corrected chi connectivity index (χ2v) is 10.2. The number of nitrogens with zero attached hydrogens (tertiary/aromatic N) is 5. The molecule has 4 aromatic rings. The molecule has 0 radical (unpaired) electrons. The van der Waals surface area contributed by atoms with Crippen molar-refractivity contribution in [1.82, 2.24) is 30.4 Å². The number of benzene rings is 3. The summed E-state index contributed by atoms with van der Waals surface area (Å²) in [6.07, 6.45) is 3.83. The molecule has 1 aliphatic carbocycles. The second kappa shape index (κ2) is 13.2. The Hall–Kier alpha value is -4.80. The predicted octanol–water partition coefficient (Wildman–Crippen LogP) is 4.33. The van der Waals surface area contributed by atoms with Gasteiger partial charge in [0.2, 0.25) is 17.6 Å². The number of carbonyl (C=O) groups excluding carboxylic acids is 2. The van der Waals surface area contributed by atoms with E-state index in [-0.39, 0.29) is 25.0 Å². The zero-order chi connectivity index (χ0) is 29.5. The van der Waals surface area contributed by atoms with Gasteiger partial charge in [-0.15, -0.1) is 10.2 Å². The van der Waals surface area contributed by atoms with Gasteiger partial charge in [0.15, 0.2) is 0 Å². The minimum Gasteiger partial charge on any atom is -0.497 e. The van der Waals surface area contributed by atoms with E-state index in [1.807, 2.05) is 12.1 Å². The number of aromatic nitrogens is 4. The maximum atomic E-state index is 14.0. The topological polar surface area (TPSA) is 111 Å². The maximum Gasteiger partial charge on any atom is 0.247 e. The number of carbonyl (C=O) groups is 2. The van der Waals surface area contributed by atoms with Crippen LogP contribution in [0.5, 0.6) is 11.5 Å². The van der Waals surface area contributed by atoms with Gasteiger partial charge in [-0.1, -0.05) is 37.1 Å². The molecule has 1 saturated carbocycles. The molecule has 1 N–H and O–H groups in total. The fourth-order valence-electron chi connectivity index (χ4n) is 5.10. The fraction of sp³-hybridized carbons (Fsp3) is 0.323. The molecule has 5 rings (SSSR count). The summed E-state index contributed by atoms with van der Waals surface area (Å²) in [5.41, 5.74) is 2.00. The first-order valence-corrected chi connectivity index (χ1v) is 13.8. The molecule has 11 heteroatoms. The van der Waals surface area contributed by atoms with Crippen molar-refractivity contribution in [3.63, 3.8) is 0 Å². The van der Waals surface area contributed by atoms with Crippen LogP contribution in [0.3, 0.4) is 0 Å². The summed E-state index contributed by atoms with van der Waals surface area (Å²) in [5, 5.41) is 15.7. The minimum absolute atomic E-state index is 0.0300. The van der Waals surface area contributed by atoms with Crippen molar-refractivity contribution in [3.05, 3.63) is 89.7 Å². The van der Waals surface area contributed by atoms with Crippen molar-refractivity contribution < 1.29 is 23.5 Å². The molecular weight excluding hydrogens is 539 g/mol. The van der Waals surface area contributed by atoms with Gasteiger partial charge < -0.3 is 19.7 Å². The van der Waals surface area contributed by atoms with E-state index >= 15 is 0 Å². The van der Waals surface area contributed by atoms with E-state index < -0.39 is 17.8 Å². The minimum atomic E-state index is -1.01. The number of rotatable bonds is 11. The quantitative estimate of drug-likeness (QED) is 0.285. The van der Waals surface area contributed by atoms with Gasteiger partial charge in [0, 0.05) is 18.2 Å². The van der Waals surface area contributed by atoms with Crippen molar-refractivity contribution in [2.24, 2.45) is 0 Å². The molecule has 2 amide bonds. The van der Waals surface area contributed by atoms with E-state index in [1.54, 1.807) is 50.6 Å². The molecule has 0 aliphatic heterocycles. The van der Waals surface area contributed by atoms with Gasteiger partial charge >= 0.3 is 0 Å². The monoisotopic (exact) mass is 572 g/mol. The lowest BCUT2D eigenvalue weighted by Crippen LogP contribution is -2.46. The standard InChI is InChI=1S/C31H33FN6O4/c1-41-26-15-7-21(8-16-26)19-37(28(39)20-38-35-30(34-36-38)23-11-17-27(42-2)18-12-23)29(22-9-13-24(32)14-10-22)31(40)33-25-5-3-4-6-25/h7-18,25,29H,3-6,19-20H2,1-2H3,(H,33,40). The summed E-state index contributed by atoms with van der Waals surface area (Å²) < 4.78 is 24.4. The first-order chi connectivity index (χ1) is 20.4. The lowest BCUT2D eigenvalue weighted by molar-refractivity contribution is -0.142. The van der Waals surface area contributed by atoms with Gasteiger partial charge in [-0.3, -0.25) is 9.59 Å². The second-order valence-electron chi connectivity index (χ2n) is 10.2. The molecule has 3 aromatic carbocycles. The Morgan fingerprint density at radius 2 is 1.57 bits per heavy atom. The number of methoxy groups -OCH3 is 2. The molecular formula is C31H33FN6O4. The Labute approximate surface area is 243 Å². The molecule has 0 spiro atoms. The van der Waals surface area contributed by atoms with Crippen LogP contribution in [0, 0.1) is 5.82 Å². The highest BCUT2D eigenvalue weighted by Gasteiger charge is 2.34. The van der Waals surface area contributed by atoms with E-state index in [2.05, 4.69) is 20.7 Å².